The lowest BCUT2D eigenvalue weighted by atomic mass is 9.88. The maximum atomic E-state index is 11.5. The van der Waals surface area contributed by atoms with Crippen LogP contribution in [0, 0.1) is 12.8 Å². The van der Waals surface area contributed by atoms with E-state index in [-0.39, 0.29) is 0 Å². The standard InChI is InChI=1S/C24H28N6O/c1-14-26-23-19(11-22(25)29-24(23)27-14)21-10-17-9-16(5-8-20(17)28-21)13-30(2)12-15-3-6-18(31)7-4-15/h5,8-11,15,28H,3-4,6-7,12-13H2,1-2H3,(H3,25,26,27,29). The summed E-state index contributed by atoms with van der Waals surface area (Å²) in [6.45, 7) is 3.85. The number of imidazole rings is 1. The minimum Gasteiger partial charge on any atom is -0.384 e. The molecule has 0 amide bonds. The maximum Gasteiger partial charge on any atom is 0.180 e. The largest absolute Gasteiger partial charge is 0.384 e. The normalized spacial score (nSPS) is 15.5. The third-order valence-corrected chi connectivity index (χ3v) is 6.26. The second-order valence-corrected chi connectivity index (χ2v) is 8.90. The SMILES string of the molecule is Cc1nc2nc(N)cc(-c3cc4cc(CN(C)CC5CCC(=O)CC5)ccc4[nH]3)c2[nH]1. The van der Waals surface area contributed by atoms with Crippen LogP contribution in [0.2, 0.25) is 0 Å². The highest BCUT2D eigenvalue weighted by Gasteiger charge is 2.20. The Kier molecular flexibility index (Phi) is 4.98. The highest BCUT2D eigenvalue weighted by atomic mass is 16.1. The van der Waals surface area contributed by atoms with Gasteiger partial charge in [0, 0.05) is 48.1 Å². The number of nitrogens with zero attached hydrogens (tertiary/aromatic N) is 3. The van der Waals surface area contributed by atoms with Crippen LogP contribution < -0.4 is 5.73 Å². The van der Waals surface area contributed by atoms with Gasteiger partial charge in [-0.3, -0.25) is 4.79 Å². The van der Waals surface area contributed by atoms with Gasteiger partial charge in [-0.25, -0.2) is 9.97 Å². The Labute approximate surface area is 181 Å². The van der Waals surface area contributed by atoms with E-state index in [1.807, 2.05) is 13.0 Å². The number of aromatic amines is 2. The van der Waals surface area contributed by atoms with E-state index in [2.05, 4.69) is 56.1 Å². The lowest BCUT2D eigenvalue weighted by Gasteiger charge is -2.26. The zero-order chi connectivity index (χ0) is 21.5. The van der Waals surface area contributed by atoms with Crippen molar-refractivity contribution in [1.82, 2.24) is 24.8 Å². The zero-order valence-electron chi connectivity index (χ0n) is 18.0. The molecule has 5 rings (SSSR count). The molecule has 0 atom stereocenters. The van der Waals surface area contributed by atoms with Gasteiger partial charge in [0.2, 0.25) is 0 Å². The number of anilines is 1. The summed E-state index contributed by atoms with van der Waals surface area (Å²) >= 11 is 0. The number of benzene rings is 1. The van der Waals surface area contributed by atoms with Crippen molar-refractivity contribution < 1.29 is 4.79 Å². The van der Waals surface area contributed by atoms with E-state index in [0.717, 1.165) is 66.9 Å². The van der Waals surface area contributed by atoms with Crippen LogP contribution in [0.25, 0.3) is 33.3 Å². The van der Waals surface area contributed by atoms with E-state index in [9.17, 15) is 4.79 Å². The molecule has 3 aromatic heterocycles. The van der Waals surface area contributed by atoms with Gasteiger partial charge in [0.1, 0.15) is 17.4 Å². The summed E-state index contributed by atoms with van der Waals surface area (Å²) in [5.74, 6) is 2.33. The van der Waals surface area contributed by atoms with Gasteiger partial charge in [-0.15, -0.1) is 0 Å². The first-order valence-electron chi connectivity index (χ1n) is 10.9. The fourth-order valence-corrected chi connectivity index (χ4v) is 4.76. The molecule has 4 aromatic rings. The third kappa shape index (κ3) is 4.05. The molecule has 160 valence electrons. The van der Waals surface area contributed by atoms with Crippen molar-refractivity contribution in [2.24, 2.45) is 5.92 Å². The average Bonchev–Trinajstić information content (AvgIpc) is 3.31. The van der Waals surface area contributed by atoms with Gasteiger partial charge in [-0.05, 0) is 62.6 Å². The molecule has 0 bridgehead atoms. The van der Waals surface area contributed by atoms with Crippen LogP contribution in [0.1, 0.15) is 37.1 Å². The number of H-pyrrole nitrogens is 2. The smallest absolute Gasteiger partial charge is 0.180 e. The number of nitrogen functional groups attached to an aromatic ring is 1. The van der Waals surface area contributed by atoms with E-state index >= 15 is 0 Å². The van der Waals surface area contributed by atoms with Crippen LogP contribution in [0.5, 0.6) is 0 Å². The molecular formula is C24H28N6O. The summed E-state index contributed by atoms with van der Waals surface area (Å²) in [5.41, 5.74) is 11.9. The monoisotopic (exact) mass is 416 g/mol. The van der Waals surface area contributed by atoms with E-state index in [0.29, 0.717) is 23.2 Å². The maximum absolute atomic E-state index is 11.5. The molecule has 0 unspecified atom stereocenters. The van der Waals surface area contributed by atoms with E-state index in [1.54, 1.807) is 0 Å². The number of hydrogen-bond acceptors (Lipinski definition) is 5. The number of pyridine rings is 1. The fraction of sp³-hybridized carbons (Fsp3) is 0.375. The molecule has 1 saturated carbocycles. The molecule has 0 spiro atoms. The molecule has 1 fully saturated rings. The predicted octanol–water partition coefficient (Wildman–Crippen LogP) is 4.19. The van der Waals surface area contributed by atoms with Gasteiger partial charge in [0.15, 0.2) is 5.65 Å². The van der Waals surface area contributed by atoms with Gasteiger partial charge < -0.3 is 20.6 Å². The Balaban J connectivity index is 1.38. The molecule has 31 heavy (non-hydrogen) atoms. The summed E-state index contributed by atoms with van der Waals surface area (Å²) in [4.78, 5) is 29.4. The quantitative estimate of drug-likeness (QED) is 0.453. The number of nitrogens with one attached hydrogen (secondary N) is 2. The number of carbonyl (C=O) groups excluding carboxylic acids is 1. The summed E-state index contributed by atoms with van der Waals surface area (Å²) in [5, 5.41) is 1.17. The van der Waals surface area contributed by atoms with E-state index in [1.165, 1.54) is 10.9 Å². The molecule has 0 aliphatic heterocycles. The number of hydrogen-bond donors (Lipinski definition) is 3. The molecule has 7 heteroatoms. The Morgan fingerprint density at radius 1 is 1.13 bits per heavy atom. The number of fused-ring (bicyclic) bond motifs is 2. The van der Waals surface area contributed by atoms with Crippen LogP contribution in [0.15, 0.2) is 30.3 Å². The molecule has 3 heterocycles. The Bertz CT molecular complexity index is 1260. The Hall–Kier alpha value is -3.19. The van der Waals surface area contributed by atoms with Crippen LogP contribution >= 0.6 is 0 Å². The molecule has 7 nitrogen and oxygen atoms in total. The number of ketones is 1. The number of aryl methyl sites for hydroxylation is 1. The van der Waals surface area contributed by atoms with Gasteiger partial charge in [0.05, 0.1) is 5.52 Å². The van der Waals surface area contributed by atoms with Crippen molar-refractivity contribution in [1.29, 1.82) is 0 Å². The van der Waals surface area contributed by atoms with Crippen molar-refractivity contribution in [2.75, 3.05) is 19.3 Å². The van der Waals surface area contributed by atoms with E-state index in [4.69, 9.17) is 5.73 Å². The second kappa shape index (κ2) is 7.81. The number of aromatic nitrogens is 4. The molecule has 0 saturated heterocycles. The first-order chi connectivity index (χ1) is 14.9. The molecule has 4 N–H and O–H groups in total. The molecule has 1 aliphatic carbocycles. The van der Waals surface area contributed by atoms with Gasteiger partial charge >= 0.3 is 0 Å². The van der Waals surface area contributed by atoms with Crippen molar-refractivity contribution in [2.45, 2.75) is 39.2 Å². The summed E-state index contributed by atoms with van der Waals surface area (Å²) in [6, 6.07) is 10.6. The highest BCUT2D eigenvalue weighted by Crippen LogP contribution is 2.31. The molecule has 1 aromatic carbocycles. The van der Waals surface area contributed by atoms with Crippen molar-refractivity contribution in [3.05, 3.63) is 41.7 Å². The minimum atomic E-state index is 0.422. The van der Waals surface area contributed by atoms with Crippen molar-refractivity contribution >= 4 is 33.7 Å². The fourth-order valence-electron chi connectivity index (χ4n) is 4.76. The molecule has 1 aliphatic rings. The predicted molar refractivity (Wildman–Crippen MR) is 124 cm³/mol. The molecule has 0 radical (unpaired) electrons. The van der Waals surface area contributed by atoms with Gasteiger partial charge in [-0.1, -0.05) is 6.07 Å². The lowest BCUT2D eigenvalue weighted by Crippen LogP contribution is -2.28. The topological polar surface area (TPSA) is 104 Å². The summed E-state index contributed by atoms with van der Waals surface area (Å²) < 4.78 is 0. The number of carbonyl (C=O) groups is 1. The lowest BCUT2D eigenvalue weighted by molar-refractivity contribution is -0.121. The highest BCUT2D eigenvalue weighted by molar-refractivity contribution is 5.95. The summed E-state index contributed by atoms with van der Waals surface area (Å²) in [6.07, 6.45) is 3.55. The van der Waals surface area contributed by atoms with Gasteiger partial charge in [-0.2, -0.15) is 0 Å². The van der Waals surface area contributed by atoms with E-state index < -0.39 is 0 Å². The Morgan fingerprint density at radius 2 is 1.94 bits per heavy atom. The Morgan fingerprint density at radius 3 is 2.74 bits per heavy atom. The number of rotatable bonds is 5. The number of Topliss-reactive ketones (excluding diaryl/α,β-unsaturated/α-hetero) is 1. The zero-order valence-corrected chi connectivity index (χ0v) is 18.0. The molecular weight excluding hydrogens is 388 g/mol. The average molecular weight is 417 g/mol. The summed E-state index contributed by atoms with van der Waals surface area (Å²) in [7, 11) is 2.17. The van der Waals surface area contributed by atoms with Crippen LogP contribution in [0.3, 0.4) is 0 Å². The first kappa shape index (κ1) is 19.8. The van der Waals surface area contributed by atoms with Crippen LogP contribution in [0.4, 0.5) is 5.82 Å². The second-order valence-electron chi connectivity index (χ2n) is 8.90. The minimum absolute atomic E-state index is 0.422. The van der Waals surface area contributed by atoms with Crippen molar-refractivity contribution in [3.8, 4) is 11.3 Å². The third-order valence-electron chi connectivity index (χ3n) is 6.26. The van der Waals surface area contributed by atoms with Crippen molar-refractivity contribution in [3.63, 3.8) is 0 Å². The number of nitrogens with two attached hydrogens (primary N) is 1. The van der Waals surface area contributed by atoms with Crippen LogP contribution in [-0.2, 0) is 11.3 Å². The van der Waals surface area contributed by atoms with Crippen LogP contribution in [-0.4, -0.2) is 44.2 Å². The first-order valence-corrected chi connectivity index (χ1v) is 10.9. The van der Waals surface area contributed by atoms with Gasteiger partial charge in [0.25, 0.3) is 0 Å².